The summed E-state index contributed by atoms with van der Waals surface area (Å²) in [5.41, 5.74) is 7.47. The zero-order valence-corrected chi connectivity index (χ0v) is 12.5. The molecule has 1 aromatic carbocycles. The highest BCUT2D eigenvalue weighted by Crippen LogP contribution is 2.29. The lowest BCUT2D eigenvalue weighted by molar-refractivity contribution is 0.0602. The number of nitrogen functional groups attached to an aromatic ring is 1. The van der Waals surface area contributed by atoms with E-state index in [1.54, 1.807) is 29.5 Å². The predicted molar refractivity (Wildman–Crippen MR) is 81.1 cm³/mol. The first-order valence-electron chi connectivity index (χ1n) is 6.18. The Bertz CT molecular complexity index is 625. The molecule has 2 rings (SSSR count). The molecule has 0 saturated heterocycles. The lowest BCUT2D eigenvalue weighted by Gasteiger charge is -2.17. The Kier molecular flexibility index (Phi) is 4.24. The first-order chi connectivity index (χ1) is 9.52. The second-order valence-electron chi connectivity index (χ2n) is 4.44. The van der Waals surface area contributed by atoms with Crippen molar-refractivity contribution in [2.75, 3.05) is 18.2 Å². The number of esters is 1. The molecule has 6 heteroatoms. The third-order valence-corrected chi connectivity index (χ3v) is 3.97. The van der Waals surface area contributed by atoms with E-state index in [1.165, 1.54) is 7.11 Å². The van der Waals surface area contributed by atoms with Crippen LogP contribution in [0.2, 0.25) is 0 Å². The van der Waals surface area contributed by atoms with Gasteiger partial charge < -0.3 is 15.8 Å². The van der Waals surface area contributed by atoms with Crippen LogP contribution < -0.4 is 11.1 Å². The van der Waals surface area contributed by atoms with Gasteiger partial charge in [-0.15, -0.1) is 11.3 Å². The van der Waals surface area contributed by atoms with Crippen LogP contribution in [0, 0.1) is 6.92 Å². The number of anilines is 2. The van der Waals surface area contributed by atoms with Crippen LogP contribution in [-0.4, -0.2) is 18.1 Å². The number of hydrogen-bond donors (Lipinski definition) is 2. The highest BCUT2D eigenvalue weighted by Gasteiger charge is 2.17. The molecule has 0 bridgehead atoms. The van der Waals surface area contributed by atoms with Gasteiger partial charge >= 0.3 is 5.97 Å². The first kappa shape index (κ1) is 14.3. The van der Waals surface area contributed by atoms with Gasteiger partial charge in [0.05, 0.1) is 30.1 Å². The van der Waals surface area contributed by atoms with Crippen LogP contribution in [0.15, 0.2) is 24.4 Å². The predicted octanol–water partition coefficient (Wildman–Crippen LogP) is 2.99. The molecule has 0 radical (unpaired) electrons. The number of nitrogens with one attached hydrogen (secondary N) is 1. The molecular formula is C14H17N3O2S. The fourth-order valence-electron chi connectivity index (χ4n) is 1.86. The number of ether oxygens (including phenoxy) is 1. The van der Waals surface area contributed by atoms with Crippen LogP contribution in [0.1, 0.15) is 33.2 Å². The van der Waals surface area contributed by atoms with Crippen LogP contribution in [0.3, 0.4) is 0 Å². The number of carbonyl (C=O) groups excluding carboxylic acids is 1. The number of carbonyl (C=O) groups is 1. The summed E-state index contributed by atoms with van der Waals surface area (Å²) in [5.74, 6) is -0.415. The molecule has 0 aliphatic heterocycles. The van der Waals surface area contributed by atoms with Crippen LogP contribution >= 0.6 is 11.3 Å². The molecule has 5 nitrogen and oxygen atoms in total. The number of nitrogens with zero attached hydrogens (tertiary/aromatic N) is 1. The van der Waals surface area contributed by atoms with Crippen LogP contribution in [0.4, 0.5) is 11.4 Å². The van der Waals surface area contributed by atoms with Crippen molar-refractivity contribution in [2.45, 2.75) is 19.9 Å². The quantitative estimate of drug-likeness (QED) is 0.669. The molecule has 0 saturated carbocycles. The Hall–Kier alpha value is -2.08. The van der Waals surface area contributed by atoms with E-state index >= 15 is 0 Å². The normalized spacial score (nSPS) is 11.9. The monoisotopic (exact) mass is 291 g/mol. The van der Waals surface area contributed by atoms with Gasteiger partial charge in [-0.1, -0.05) is 6.07 Å². The van der Waals surface area contributed by atoms with Gasteiger partial charge in [0, 0.05) is 11.1 Å². The fraction of sp³-hybridized carbons (Fsp3) is 0.286. The smallest absolute Gasteiger partial charge is 0.340 e. The van der Waals surface area contributed by atoms with E-state index < -0.39 is 5.97 Å². The van der Waals surface area contributed by atoms with Gasteiger partial charge in [0.25, 0.3) is 0 Å². The maximum atomic E-state index is 11.8. The zero-order chi connectivity index (χ0) is 14.7. The van der Waals surface area contributed by atoms with E-state index in [-0.39, 0.29) is 6.04 Å². The van der Waals surface area contributed by atoms with E-state index in [2.05, 4.69) is 10.3 Å². The Morgan fingerprint density at radius 2 is 2.25 bits per heavy atom. The summed E-state index contributed by atoms with van der Waals surface area (Å²) in [6.07, 6.45) is 1.83. The fourth-order valence-corrected chi connectivity index (χ4v) is 2.64. The average Bonchev–Trinajstić information content (AvgIpc) is 2.87. The first-order valence-corrected chi connectivity index (χ1v) is 7.00. The minimum atomic E-state index is -0.415. The van der Waals surface area contributed by atoms with E-state index in [4.69, 9.17) is 10.5 Å². The van der Waals surface area contributed by atoms with E-state index in [0.717, 1.165) is 9.88 Å². The molecule has 1 heterocycles. The maximum absolute atomic E-state index is 11.8. The second-order valence-corrected chi connectivity index (χ2v) is 5.70. The van der Waals surface area contributed by atoms with Gasteiger partial charge in [0.1, 0.15) is 5.01 Å². The number of nitrogens with two attached hydrogens (primary N) is 1. The molecule has 0 aliphatic carbocycles. The maximum Gasteiger partial charge on any atom is 0.340 e. The Morgan fingerprint density at radius 1 is 1.50 bits per heavy atom. The standard InChI is InChI=1S/C14H17N3O2S/c1-8-7-16-13(20-8)9(2)17-12-10(14(18)19-3)5-4-6-11(12)15/h4-7,9,17H,15H2,1-3H3. The van der Waals surface area contributed by atoms with Gasteiger partial charge in [0.15, 0.2) is 0 Å². The Morgan fingerprint density at radius 3 is 2.85 bits per heavy atom. The summed E-state index contributed by atoms with van der Waals surface area (Å²) < 4.78 is 4.78. The van der Waals surface area contributed by atoms with E-state index in [1.807, 2.05) is 20.0 Å². The van der Waals surface area contributed by atoms with Gasteiger partial charge in [-0.2, -0.15) is 0 Å². The van der Waals surface area contributed by atoms with Crippen molar-refractivity contribution >= 4 is 28.7 Å². The van der Waals surface area contributed by atoms with Crippen molar-refractivity contribution in [3.63, 3.8) is 0 Å². The van der Waals surface area contributed by atoms with Gasteiger partial charge in [-0.25, -0.2) is 9.78 Å². The summed E-state index contributed by atoms with van der Waals surface area (Å²) in [6.45, 7) is 3.98. The molecule has 1 unspecified atom stereocenters. The van der Waals surface area contributed by atoms with Gasteiger partial charge in [-0.3, -0.25) is 0 Å². The van der Waals surface area contributed by atoms with Crippen molar-refractivity contribution in [3.8, 4) is 0 Å². The van der Waals surface area contributed by atoms with Crippen LogP contribution in [0.25, 0.3) is 0 Å². The number of hydrogen-bond acceptors (Lipinski definition) is 6. The molecule has 0 fully saturated rings. The van der Waals surface area contributed by atoms with Gasteiger partial charge in [-0.05, 0) is 26.0 Å². The van der Waals surface area contributed by atoms with Crippen LogP contribution in [0.5, 0.6) is 0 Å². The molecule has 1 aromatic heterocycles. The number of benzene rings is 1. The third-order valence-electron chi connectivity index (χ3n) is 2.87. The number of aromatic nitrogens is 1. The van der Waals surface area contributed by atoms with Crippen molar-refractivity contribution < 1.29 is 9.53 Å². The molecular weight excluding hydrogens is 274 g/mol. The summed E-state index contributed by atoms with van der Waals surface area (Å²) in [4.78, 5) is 17.3. The van der Waals surface area contributed by atoms with Crippen LogP contribution in [-0.2, 0) is 4.74 Å². The summed E-state index contributed by atoms with van der Waals surface area (Å²) in [5, 5.41) is 4.19. The summed E-state index contributed by atoms with van der Waals surface area (Å²) in [7, 11) is 1.35. The van der Waals surface area contributed by atoms with Crippen molar-refractivity contribution in [1.29, 1.82) is 0 Å². The molecule has 0 aliphatic rings. The average molecular weight is 291 g/mol. The highest BCUT2D eigenvalue weighted by atomic mass is 32.1. The SMILES string of the molecule is COC(=O)c1cccc(N)c1NC(C)c1ncc(C)s1. The molecule has 106 valence electrons. The number of methoxy groups -OCH3 is 1. The van der Waals surface area contributed by atoms with Gasteiger partial charge in [0.2, 0.25) is 0 Å². The minimum absolute atomic E-state index is 0.0400. The minimum Gasteiger partial charge on any atom is -0.465 e. The molecule has 0 spiro atoms. The zero-order valence-electron chi connectivity index (χ0n) is 11.6. The Labute approximate surface area is 121 Å². The third kappa shape index (κ3) is 2.91. The Balaban J connectivity index is 2.30. The lowest BCUT2D eigenvalue weighted by atomic mass is 10.1. The van der Waals surface area contributed by atoms with Crippen molar-refractivity contribution in [1.82, 2.24) is 4.98 Å². The molecule has 20 heavy (non-hydrogen) atoms. The summed E-state index contributed by atoms with van der Waals surface area (Å²) in [6, 6.07) is 5.12. The number of para-hydroxylation sites is 1. The molecule has 0 amide bonds. The largest absolute Gasteiger partial charge is 0.465 e. The van der Waals surface area contributed by atoms with E-state index in [0.29, 0.717) is 16.9 Å². The van der Waals surface area contributed by atoms with Crippen molar-refractivity contribution in [3.05, 3.63) is 39.8 Å². The molecule has 1 atom stereocenters. The van der Waals surface area contributed by atoms with Crippen molar-refractivity contribution in [2.24, 2.45) is 0 Å². The molecule has 3 N–H and O–H groups in total. The number of thiazole rings is 1. The summed E-state index contributed by atoms with van der Waals surface area (Å²) >= 11 is 1.61. The highest BCUT2D eigenvalue weighted by molar-refractivity contribution is 7.11. The van der Waals surface area contributed by atoms with E-state index in [9.17, 15) is 4.79 Å². The lowest BCUT2D eigenvalue weighted by Crippen LogP contribution is -2.13. The topological polar surface area (TPSA) is 77.2 Å². The number of aryl methyl sites for hydroxylation is 1. The second kappa shape index (κ2) is 5.92. The molecule has 2 aromatic rings. The number of rotatable bonds is 4.